The van der Waals surface area contributed by atoms with Gasteiger partial charge < -0.3 is 9.84 Å². The molecule has 0 aromatic heterocycles. The second-order valence-corrected chi connectivity index (χ2v) is 6.04. The molecule has 1 N–H and O–H groups in total. The van der Waals surface area contributed by atoms with Crippen LogP contribution in [-0.4, -0.2) is 28.8 Å². The fourth-order valence-electron chi connectivity index (χ4n) is 2.27. The molecule has 2 rings (SSSR count). The third-order valence-electron chi connectivity index (χ3n) is 3.10. The molecule has 108 valence electrons. The molecular formula is C15H19NO4. The Balaban J connectivity index is 2.39. The van der Waals surface area contributed by atoms with Gasteiger partial charge in [0.15, 0.2) is 0 Å². The second-order valence-electron chi connectivity index (χ2n) is 6.04. The number of fused-ring (bicyclic) bond motifs is 1. The molecule has 1 aromatic rings. The quantitative estimate of drug-likeness (QED) is 0.857. The number of aryl methyl sites for hydroxylation is 1. The lowest BCUT2D eigenvalue weighted by Gasteiger charge is -2.27. The highest BCUT2D eigenvalue weighted by Gasteiger charge is 2.40. The molecule has 0 unspecified atom stereocenters. The molecule has 1 aromatic carbocycles. The van der Waals surface area contributed by atoms with Crippen molar-refractivity contribution in [2.75, 3.05) is 4.90 Å². The molecular weight excluding hydrogens is 258 g/mol. The summed E-state index contributed by atoms with van der Waals surface area (Å²) < 4.78 is 5.32. The number of carbonyl (C=O) groups is 2. The number of carbonyl (C=O) groups excluding carboxylic acids is 1. The summed E-state index contributed by atoms with van der Waals surface area (Å²) in [6, 6.07) is 4.70. The first-order valence-electron chi connectivity index (χ1n) is 6.53. The summed E-state index contributed by atoms with van der Waals surface area (Å²) in [5.41, 5.74) is 1.80. The Morgan fingerprint density at radius 1 is 1.35 bits per heavy atom. The highest BCUT2D eigenvalue weighted by molar-refractivity contribution is 5.98. The van der Waals surface area contributed by atoms with Gasteiger partial charge in [-0.3, -0.25) is 4.90 Å². The summed E-state index contributed by atoms with van der Waals surface area (Å²) in [7, 11) is 0. The lowest BCUT2D eigenvalue weighted by Crippen LogP contribution is -2.45. The number of aliphatic carboxylic acids is 1. The maximum Gasteiger partial charge on any atom is 0.415 e. The Bertz CT molecular complexity index is 559. The third kappa shape index (κ3) is 2.76. The van der Waals surface area contributed by atoms with E-state index in [1.54, 1.807) is 20.8 Å². The van der Waals surface area contributed by atoms with E-state index < -0.39 is 23.7 Å². The molecule has 0 radical (unpaired) electrons. The van der Waals surface area contributed by atoms with Crippen molar-refractivity contribution in [3.63, 3.8) is 0 Å². The van der Waals surface area contributed by atoms with Crippen molar-refractivity contribution in [1.29, 1.82) is 0 Å². The summed E-state index contributed by atoms with van der Waals surface area (Å²) >= 11 is 0. The number of ether oxygens (including phenoxy) is 1. The summed E-state index contributed by atoms with van der Waals surface area (Å²) in [4.78, 5) is 24.9. The summed E-state index contributed by atoms with van der Waals surface area (Å²) in [5.74, 6) is -1.02. The van der Waals surface area contributed by atoms with Crippen LogP contribution in [0.2, 0.25) is 0 Å². The van der Waals surface area contributed by atoms with E-state index in [4.69, 9.17) is 4.74 Å². The first-order chi connectivity index (χ1) is 9.19. The van der Waals surface area contributed by atoms with Gasteiger partial charge in [-0.15, -0.1) is 0 Å². The number of rotatable bonds is 1. The Hall–Kier alpha value is -2.04. The van der Waals surface area contributed by atoms with Crippen LogP contribution in [0.25, 0.3) is 0 Å². The van der Waals surface area contributed by atoms with Gasteiger partial charge in [-0.25, -0.2) is 9.59 Å². The van der Waals surface area contributed by atoms with Crippen LogP contribution in [0.3, 0.4) is 0 Å². The van der Waals surface area contributed by atoms with Crippen LogP contribution in [0.5, 0.6) is 0 Å². The van der Waals surface area contributed by atoms with Gasteiger partial charge in [-0.2, -0.15) is 0 Å². The number of amides is 1. The van der Waals surface area contributed by atoms with E-state index in [-0.39, 0.29) is 0 Å². The summed E-state index contributed by atoms with van der Waals surface area (Å²) in [6.45, 7) is 7.18. The summed E-state index contributed by atoms with van der Waals surface area (Å²) in [6.07, 6.45) is -0.307. The van der Waals surface area contributed by atoms with Crippen molar-refractivity contribution in [3.05, 3.63) is 29.3 Å². The van der Waals surface area contributed by atoms with Gasteiger partial charge in [0.25, 0.3) is 0 Å². The van der Waals surface area contributed by atoms with Crippen LogP contribution in [0.4, 0.5) is 10.5 Å². The zero-order chi connectivity index (χ0) is 15.1. The highest BCUT2D eigenvalue weighted by Crippen LogP contribution is 2.34. The minimum absolute atomic E-state index is 0.310. The van der Waals surface area contributed by atoms with Crippen LogP contribution >= 0.6 is 0 Å². The number of hydrogen-bond donors (Lipinski definition) is 1. The molecule has 1 amide bonds. The molecule has 5 nitrogen and oxygen atoms in total. The summed E-state index contributed by atoms with van der Waals surface area (Å²) in [5, 5.41) is 9.32. The van der Waals surface area contributed by atoms with Gasteiger partial charge in [0.05, 0.1) is 5.69 Å². The zero-order valence-electron chi connectivity index (χ0n) is 12.1. The van der Waals surface area contributed by atoms with Crippen LogP contribution in [0.1, 0.15) is 31.9 Å². The van der Waals surface area contributed by atoms with Crippen molar-refractivity contribution in [2.24, 2.45) is 0 Å². The van der Waals surface area contributed by atoms with E-state index in [0.717, 1.165) is 11.1 Å². The van der Waals surface area contributed by atoms with Gasteiger partial charge in [0, 0.05) is 6.42 Å². The van der Waals surface area contributed by atoms with Crippen molar-refractivity contribution >= 4 is 17.7 Å². The van der Waals surface area contributed by atoms with Crippen LogP contribution in [-0.2, 0) is 16.0 Å². The van der Waals surface area contributed by atoms with E-state index in [0.29, 0.717) is 12.1 Å². The molecule has 1 atom stereocenters. The average Bonchev–Trinajstić information content (AvgIpc) is 2.65. The topological polar surface area (TPSA) is 66.8 Å². The van der Waals surface area contributed by atoms with Gasteiger partial charge in [-0.05, 0) is 44.9 Å². The number of nitrogens with zero attached hydrogens (tertiary/aromatic N) is 1. The van der Waals surface area contributed by atoms with Crippen LogP contribution < -0.4 is 4.90 Å². The number of carboxylic acids is 1. The van der Waals surface area contributed by atoms with Gasteiger partial charge in [0.2, 0.25) is 0 Å². The van der Waals surface area contributed by atoms with Crippen molar-refractivity contribution in [3.8, 4) is 0 Å². The smallest absolute Gasteiger partial charge is 0.415 e. The molecule has 0 fully saturated rings. The maximum absolute atomic E-state index is 12.3. The third-order valence-corrected chi connectivity index (χ3v) is 3.10. The lowest BCUT2D eigenvalue weighted by atomic mass is 10.1. The van der Waals surface area contributed by atoms with E-state index >= 15 is 0 Å². The normalized spacial score (nSPS) is 17.8. The average molecular weight is 277 g/mol. The van der Waals surface area contributed by atoms with E-state index in [9.17, 15) is 14.7 Å². The molecule has 0 saturated carbocycles. The van der Waals surface area contributed by atoms with E-state index in [2.05, 4.69) is 0 Å². The Morgan fingerprint density at radius 2 is 2.00 bits per heavy atom. The van der Waals surface area contributed by atoms with Gasteiger partial charge in [-0.1, -0.05) is 12.1 Å². The van der Waals surface area contributed by atoms with E-state index in [1.165, 1.54) is 4.90 Å². The molecule has 0 bridgehead atoms. The minimum Gasteiger partial charge on any atom is -0.480 e. The first-order valence-corrected chi connectivity index (χ1v) is 6.53. The molecule has 1 aliphatic rings. The van der Waals surface area contributed by atoms with Crippen molar-refractivity contribution in [2.45, 2.75) is 45.8 Å². The SMILES string of the molecule is Cc1ccc2c(c1)N(C(=O)OC(C)(C)C)[C@@H](C(=O)O)C2. The van der Waals surface area contributed by atoms with Gasteiger partial charge >= 0.3 is 12.1 Å². The Kier molecular flexibility index (Phi) is 3.46. The number of hydrogen-bond acceptors (Lipinski definition) is 3. The number of anilines is 1. The monoisotopic (exact) mass is 277 g/mol. The molecule has 0 saturated heterocycles. The predicted molar refractivity (Wildman–Crippen MR) is 75.0 cm³/mol. The second kappa shape index (κ2) is 4.81. The zero-order valence-corrected chi connectivity index (χ0v) is 12.1. The highest BCUT2D eigenvalue weighted by atomic mass is 16.6. The first kappa shape index (κ1) is 14.4. The van der Waals surface area contributed by atoms with Crippen molar-refractivity contribution < 1.29 is 19.4 Å². The number of carboxylic acid groups (broad SMARTS) is 1. The van der Waals surface area contributed by atoms with Crippen LogP contribution in [0.15, 0.2) is 18.2 Å². The standard InChI is InChI=1S/C15H19NO4/c1-9-5-6-10-8-12(13(17)18)16(11(10)7-9)14(19)20-15(2,3)4/h5-7,12H,8H2,1-4H3,(H,17,18)/t12-/m1/s1. The Labute approximate surface area is 118 Å². The molecule has 1 heterocycles. The van der Waals surface area contributed by atoms with E-state index in [1.807, 2.05) is 25.1 Å². The Morgan fingerprint density at radius 3 is 2.55 bits per heavy atom. The predicted octanol–water partition coefficient (Wildman–Crippen LogP) is 2.75. The van der Waals surface area contributed by atoms with Gasteiger partial charge in [0.1, 0.15) is 11.6 Å². The van der Waals surface area contributed by atoms with Crippen molar-refractivity contribution in [1.82, 2.24) is 0 Å². The largest absolute Gasteiger partial charge is 0.480 e. The maximum atomic E-state index is 12.3. The lowest BCUT2D eigenvalue weighted by molar-refractivity contribution is -0.138. The molecule has 0 spiro atoms. The fourth-order valence-corrected chi connectivity index (χ4v) is 2.27. The molecule has 1 aliphatic heterocycles. The van der Waals surface area contributed by atoms with Crippen LogP contribution in [0, 0.1) is 6.92 Å². The molecule has 5 heteroatoms. The molecule has 20 heavy (non-hydrogen) atoms. The molecule has 0 aliphatic carbocycles. The number of benzene rings is 1. The minimum atomic E-state index is -1.02. The fraction of sp³-hybridized carbons (Fsp3) is 0.467.